The van der Waals surface area contributed by atoms with Crippen LogP contribution in [0.3, 0.4) is 0 Å². The van der Waals surface area contributed by atoms with Crippen molar-refractivity contribution in [1.29, 1.82) is 0 Å². The fraction of sp³-hybridized carbons (Fsp3) is 0.464. The number of rotatable bonds is 5. The summed E-state index contributed by atoms with van der Waals surface area (Å²) >= 11 is 0. The van der Waals surface area contributed by atoms with Gasteiger partial charge >= 0.3 is 0 Å². The van der Waals surface area contributed by atoms with Gasteiger partial charge in [-0.15, -0.1) is 0 Å². The van der Waals surface area contributed by atoms with Crippen molar-refractivity contribution in [2.24, 2.45) is 0 Å². The third-order valence-corrected chi connectivity index (χ3v) is 6.34. The lowest BCUT2D eigenvalue weighted by Crippen LogP contribution is -2.39. The van der Waals surface area contributed by atoms with E-state index in [4.69, 9.17) is 0 Å². The Kier molecular flexibility index (Phi) is 7.86. The molecule has 0 bridgehead atoms. The smallest absolute Gasteiger partial charge is 0.144 e. The summed E-state index contributed by atoms with van der Waals surface area (Å²) in [6.07, 6.45) is 6.45. The summed E-state index contributed by atoms with van der Waals surface area (Å²) in [6.45, 7) is 17.9. The van der Waals surface area contributed by atoms with E-state index in [1.807, 2.05) is 50.5 Å². The first-order chi connectivity index (χ1) is 14.5. The summed E-state index contributed by atoms with van der Waals surface area (Å²) in [6, 6.07) is 12.4. The first-order valence-electron chi connectivity index (χ1n) is 11.4. The fourth-order valence-corrected chi connectivity index (χ4v) is 3.78. The van der Waals surface area contributed by atoms with Gasteiger partial charge in [-0.25, -0.2) is 9.37 Å². The number of aryl methyl sites for hydroxylation is 3. The predicted molar refractivity (Wildman–Crippen MR) is 132 cm³/mol. The van der Waals surface area contributed by atoms with Crippen molar-refractivity contribution >= 4 is 0 Å². The third kappa shape index (κ3) is 5.26. The molecule has 0 aliphatic heterocycles. The van der Waals surface area contributed by atoms with Crippen LogP contribution in [0.15, 0.2) is 48.8 Å². The minimum atomic E-state index is -1.36. The second-order valence-electron chi connectivity index (χ2n) is 9.51. The summed E-state index contributed by atoms with van der Waals surface area (Å²) in [5, 5.41) is 0. The number of aromatic nitrogens is 2. The Morgan fingerprint density at radius 2 is 1.45 bits per heavy atom. The van der Waals surface area contributed by atoms with Crippen LogP contribution < -0.4 is 0 Å². The second-order valence-corrected chi connectivity index (χ2v) is 9.51. The maximum absolute atomic E-state index is 15.0. The number of hydrogen-bond donors (Lipinski definition) is 0. The van der Waals surface area contributed by atoms with E-state index in [1.165, 1.54) is 29.5 Å². The molecule has 0 amide bonds. The molecule has 3 rings (SSSR count). The van der Waals surface area contributed by atoms with E-state index in [0.717, 1.165) is 22.6 Å². The number of unbranched alkanes of at least 4 members (excludes halogenated alkanes) is 1. The Hall–Kier alpha value is -2.42. The van der Waals surface area contributed by atoms with Crippen LogP contribution in [-0.2, 0) is 5.41 Å². The maximum atomic E-state index is 15.0. The lowest BCUT2D eigenvalue weighted by molar-refractivity contribution is 0.114. The van der Waals surface area contributed by atoms with Crippen LogP contribution in [0.1, 0.15) is 76.6 Å². The number of hydrogen-bond acceptors (Lipinski definition) is 1. The van der Waals surface area contributed by atoms with Gasteiger partial charge in [0, 0.05) is 23.4 Å². The zero-order valence-electron chi connectivity index (χ0n) is 20.8. The van der Waals surface area contributed by atoms with Crippen molar-refractivity contribution in [1.82, 2.24) is 9.55 Å². The number of alkyl halides is 1. The molecule has 0 radical (unpaired) electrons. The van der Waals surface area contributed by atoms with Crippen LogP contribution in [0.5, 0.6) is 0 Å². The molecule has 0 fully saturated rings. The summed E-state index contributed by atoms with van der Waals surface area (Å²) < 4.78 is 17.2. The largest absolute Gasteiger partial charge is 0.299 e. The molecule has 0 spiro atoms. The minimum absolute atomic E-state index is 0.655. The normalized spacial score (nSPS) is 11.8. The lowest BCUT2D eigenvalue weighted by atomic mass is 9.71. The van der Waals surface area contributed by atoms with E-state index in [1.54, 1.807) is 13.8 Å². The van der Waals surface area contributed by atoms with E-state index in [0.29, 0.717) is 0 Å². The Labute approximate surface area is 188 Å². The Bertz CT molecular complexity index is 981. The van der Waals surface area contributed by atoms with Crippen molar-refractivity contribution in [3.63, 3.8) is 0 Å². The van der Waals surface area contributed by atoms with Crippen LogP contribution in [-0.4, -0.2) is 15.2 Å². The van der Waals surface area contributed by atoms with Gasteiger partial charge in [-0.05, 0) is 51.3 Å². The van der Waals surface area contributed by atoms with Gasteiger partial charge in [-0.1, -0.05) is 82.5 Å². The van der Waals surface area contributed by atoms with E-state index < -0.39 is 11.1 Å². The van der Waals surface area contributed by atoms with Crippen LogP contribution >= 0.6 is 0 Å². The summed E-state index contributed by atoms with van der Waals surface area (Å²) in [7, 11) is 0. The average Bonchev–Trinajstić information content (AvgIpc) is 3.15. The highest BCUT2D eigenvalue weighted by Gasteiger charge is 2.40. The third-order valence-electron chi connectivity index (χ3n) is 6.34. The van der Waals surface area contributed by atoms with E-state index in [-0.39, 0.29) is 0 Å². The predicted octanol–water partition coefficient (Wildman–Crippen LogP) is 8.30. The first-order valence-corrected chi connectivity index (χ1v) is 11.4. The van der Waals surface area contributed by atoms with Gasteiger partial charge in [-0.3, -0.25) is 4.57 Å². The van der Waals surface area contributed by atoms with Gasteiger partial charge in [0.2, 0.25) is 0 Å². The topological polar surface area (TPSA) is 17.8 Å². The molecule has 0 aliphatic carbocycles. The molecule has 2 nitrogen and oxygen atoms in total. The van der Waals surface area contributed by atoms with Gasteiger partial charge in [0.05, 0.1) is 5.69 Å². The van der Waals surface area contributed by atoms with Crippen LogP contribution in [0, 0.1) is 20.8 Å². The minimum Gasteiger partial charge on any atom is -0.299 e. The highest BCUT2D eigenvalue weighted by Crippen LogP contribution is 2.42. The molecule has 31 heavy (non-hydrogen) atoms. The Morgan fingerprint density at radius 1 is 0.903 bits per heavy atom. The molecule has 2 aromatic carbocycles. The molecule has 0 N–H and O–H groups in total. The quantitative estimate of drug-likeness (QED) is 0.404. The zero-order chi connectivity index (χ0) is 23.4. The molecule has 168 valence electrons. The number of halogens is 1. The van der Waals surface area contributed by atoms with Gasteiger partial charge in [0.25, 0.3) is 0 Å². The van der Waals surface area contributed by atoms with Gasteiger partial charge in [0.1, 0.15) is 11.5 Å². The summed E-state index contributed by atoms with van der Waals surface area (Å²) in [5.74, 6) is 0.845. The molecule has 3 heteroatoms. The van der Waals surface area contributed by atoms with Crippen molar-refractivity contribution in [2.45, 2.75) is 86.2 Å². The molecule has 0 saturated carbocycles. The second kappa shape index (κ2) is 9.80. The molecule has 1 aromatic heterocycles. The number of benzene rings is 2. The average molecular weight is 423 g/mol. The van der Waals surface area contributed by atoms with Gasteiger partial charge in [-0.2, -0.15) is 0 Å². The molecular weight excluding hydrogens is 383 g/mol. The molecule has 0 saturated heterocycles. The van der Waals surface area contributed by atoms with Crippen LogP contribution in [0.2, 0.25) is 0 Å². The van der Waals surface area contributed by atoms with Crippen molar-refractivity contribution < 1.29 is 4.39 Å². The summed E-state index contributed by atoms with van der Waals surface area (Å²) in [5.41, 5.74) is 4.71. The molecule has 0 aliphatic rings. The highest BCUT2D eigenvalue weighted by atomic mass is 19.1. The fourth-order valence-electron chi connectivity index (χ4n) is 3.78. The van der Waals surface area contributed by atoms with Crippen LogP contribution in [0.25, 0.3) is 17.1 Å². The Balaban J connectivity index is 0.000000785. The van der Waals surface area contributed by atoms with Crippen LogP contribution in [0.4, 0.5) is 4.39 Å². The molecule has 3 aromatic rings. The van der Waals surface area contributed by atoms with Crippen molar-refractivity contribution in [3.8, 4) is 17.1 Å². The number of nitrogens with zero attached hydrogens (tertiary/aromatic N) is 2. The van der Waals surface area contributed by atoms with Crippen molar-refractivity contribution in [2.75, 3.05) is 0 Å². The molecule has 0 atom stereocenters. The monoisotopic (exact) mass is 422 g/mol. The highest BCUT2D eigenvalue weighted by molar-refractivity contribution is 5.66. The SMILES string of the molecule is CCCC.Cc1cc(C)c(-n2ccnc2-c2ccccc2C(C)(C)C(C)(C)F)c(C)c1. The van der Waals surface area contributed by atoms with E-state index in [9.17, 15) is 0 Å². The standard InChI is InChI=1S/C24H29FN2.C4H10/c1-16-14-17(2)21(18(3)15-16)27-13-12-26-22(27)19-10-8-9-11-20(19)23(4,5)24(6,7)25;1-3-4-2/h8-15H,1-7H3;3-4H2,1-2H3. The van der Waals surface area contributed by atoms with Gasteiger partial charge < -0.3 is 0 Å². The van der Waals surface area contributed by atoms with E-state index >= 15 is 4.39 Å². The first kappa shape index (κ1) is 24.8. The Morgan fingerprint density at radius 3 is 1.97 bits per heavy atom. The molecular formula is C28H39FN2. The summed E-state index contributed by atoms with van der Waals surface area (Å²) in [4.78, 5) is 4.66. The maximum Gasteiger partial charge on any atom is 0.144 e. The van der Waals surface area contributed by atoms with Crippen molar-refractivity contribution in [3.05, 3.63) is 71.0 Å². The lowest BCUT2D eigenvalue weighted by Gasteiger charge is -2.37. The van der Waals surface area contributed by atoms with Gasteiger partial charge in [0.15, 0.2) is 0 Å². The van der Waals surface area contributed by atoms with E-state index in [2.05, 4.69) is 56.3 Å². The molecule has 0 unspecified atom stereocenters. The molecule has 1 heterocycles. The number of imidazole rings is 1. The zero-order valence-corrected chi connectivity index (χ0v) is 20.8.